The molecule has 3 aromatic carbocycles. The lowest BCUT2D eigenvalue weighted by Gasteiger charge is -2.46. The lowest BCUT2D eigenvalue weighted by molar-refractivity contribution is -0.146. The second-order valence-electron chi connectivity index (χ2n) is 16.9. The van der Waals surface area contributed by atoms with E-state index >= 15 is 17.6 Å². The summed E-state index contributed by atoms with van der Waals surface area (Å²) in [6.07, 6.45) is 1.49. The number of hydrogen-bond donors (Lipinski definition) is 0. The standard InChI is InChI=1S/C43H48F4N3O4/c1-21(2)41(52)53-24-11-13-50(14-12-24)40(51)35-34(36(44)38(46)39(47)37(35)45)33-27-15-25-22(3)19-42(5,6)48(9)29(25)17-31(27)54-32-18-30-26(16-28(32)33)23(4)20-43(7,8)49(30)10/h15-18,22-24H,1,11-14,19-20H2,2-10H3/q+1. The smallest absolute Gasteiger partial charge is 0.333 e. The summed E-state index contributed by atoms with van der Waals surface area (Å²) in [7, 11) is 3.99. The van der Waals surface area contributed by atoms with Gasteiger partial charge in [0.2, 0.25) is 5.36 Å². The van der Waals surface area contributed by atoms with Gasteiger partial charge in [0.15, 0.2) is 28.8 Å². The van der Waals surface area contributed by atoms with Crippen LogP contribution in [-0.4, -0.2) is 61.1 Å². The van der Waals surface area contributed by atoms with Gasteiger partial charge in [0, 0.05) is 89.7 Å². The van der Waals surface area contributed by atoms with Gasteiger partial charge in [0.25, 0.3) is 5.91 Å². The van der Waals surface area contributed by atoms with Crippen molar-refractivity contribution in [2.75, 3.05) is 32.1 Å². The van der Waals surface area contributed by atoms with Crippen LogP contribution in [0.25, 0.3) is 5.57 Å². The summed E-state index contributed by atoms with van der Waals surface area (Å²) in [5, 5.41) is 1.25. The second kappa shape index (κ2) is 13.0. The molecule has 286 valence electrons. The Kier molecular flexibility index (Phi) is 9.05. The Morgan fingerprint density at radius 2 is 1.52 bits per heavy atom. The molecule has 3 aromatic rings. The highest BCUT2D eigenvalue weighted by molar-refractivity contribution is 6.03. The molecule has 4 aliphatic rings. The molecular formula is C43H48F4N3O4+. The van der Waals surface area contributed by atoms with E-state index in [2.05, 4.69) is 57.6 Å². The number of esters is 1. The summed E-state index contributed by atoms with van der Waals surface area (Å²) in [5.74, 6) is -8.33. The summed E-state index contributed by atoms with van der Waals surface area (Å²) in [6, 6.07) is 7.47. The van der Waals surface area contributed by atoms with Crippen LogP contribution in [0.5, 0.6) is 11.5 Å². The number of carbonyl (C=O) groups is 2. The topological polar surface area (TPSA) is 62.1 Å². The van der Waals surface area contributed by atoms with E-state index in [4.69, 9.17) is 9.47 Å². The van der Waals surface area contributed by atoms with Crippen molar-refractivity contribution in [3.05, 3.63) is 98.1 Å². The van der Waals surface area contributed by atoms with Crippen molar-refractivity contribution in [1.82, 2.24) is 9.48 Å². The molecule has 1 saturated heterocycles. The Balaban J connectivity index is 1.51. The first-order valence-electron chi connectivity index (χ1n) is 18.6. The molecule has 0 radical (unpaired) electrons. The summed E-state index contributed by atoms with van der Waals surface area (Å²) in [5.41, 5.74) is 1.42. The predicted molar refractivity (Wildman–Crippen MR) is 200 cm³/mol. The molecule has 4 heterocycles. The van der Waals surface area contributed by atoms with Crippen LogP contribution in [0.2, 0.25) is 0 Å². The molecule has 11 heteroatoms. The van der Waals surface area contributed by atoms with Crippen molar-refractivity contribution in [2.24, 2.45) is 0 Å². The number of benzene rings is 3. The van der Waals surface area contributed by atoms with Gasteiger partial charge in [-0.1, -0.05) is 20.4 Å². The van der Waals surface area contributed by atoms with Crippen molar-refractivity contribution < 1.29 is 36.6 Å². The van der Waals surface area contributed by atoms with Crippen LogP contribution in [0.3, 0.4) is 0 Å². The molecule has 7 rings (SSSR count). The van der Waals surface area contributed by atoms with E-state index in [9.17, 15) is 9.59 Å². The van der Waals surface area contributed by atoms with Crippen molar-refractivity contribution >= 4 is 23.1 Å². The van der Waals surface area contributed by atoms with Crippen molar-refractivity contribution in [3.8, 4) is 11.5 Å². The number of nitrogens with zero attached hydrogens (tertiary/aromatic N) is 3. The zero-order valence-electron chi connectivity index (χ0n) is 32.5. The maximum absolute atomic E-state index is 16.7. The maximum Gasteiger partial charge on any atom is 0.333 e. The first kappa shape index (κ1) is 37.6. The third kappa shape index (κ3) is 5.89. The fourth-order valence-electron chi connectivity index (χ4n) is 8.93. The van der Waals surface area contributed by atoms with Crippen LogP contribution in [0.4, 0.5) is 23.2 Å². The van der Waals surface area contributed by atoms with Gasteiger partial charge in [-0.2, -0.15) is 0 Å². The number of ether oxygens (including phenoxy) is 2. The third-order valence-electron chi connectivity index (χ3n) is 12.3. The van der Waals surface area contributed by atoms with Gasteiger partial charge in [0.1, 0.15) is 24.7 Å². The summed E-state index contributed by atoms with van der Waals surface area (Å²) in [4.78, 5) is 30.0. The number of piperidine rings is 1. The number of anilines is 1. The normalized spacial score (nSPS) is 21.4. The lowest BCUT2D eigenvalue weighted by atomic mass is 9.78. The molecule has 0 aromatic heterocycles. The molecule has 1 fully saturated rings. The molecule has 0 saturated carbocycles. The Hall–Kier alpha value is -4.67. The first-order valence-corrected chi connectivity index (χ1v) is 18.6. The number of amides is 1. The van der Waals surface area contributed by atoms with Crippen LogP contribution < -0.4 is 24.8 Å². The van der Waals surface area contributed by atoms with Crippen LogP contribution in [0, 0.1) is 23.3 Å². The molecule has 7 nitrogen and oxygen atoms in total. The van der Waals surface area contributed by atoms with Crippen molar-refractivity contribution in [1.29, 1.82) is 0 Å². The number of fused-ring (bicyclic) bond motifs is 4. The van der Waals surface area contributed by atoms with E-state index in [-0.39, 0.29) is 60.0 Å². The van der Waals surface area contributed by atoms with Crippen molar-refractivity contribution in [3.63, 3.8) is 0 Å². The fraction of sp³-hybridized carbons (Fsp3) is 0.465. The molecule has 0 N–H and O–H groups in total. The van der Waals surface area contributed by atoms with Gasteiger partial charge >= 0.3 is 5.97 Å². The van der Waals surface area contributed by atoms with Crippen LogP contribution >= 0.6 is 0 Å². The average Bonchev–Trinajstić information content (AvgIpc) is 3.11. The third-order valence-corrected chi connectivity index (χ3v) is 12.3. The number of likely N-dealkylation sites (tertiary alicyclic amines) is 1. The fourth-order valence-corrected chi connectivity index (χ4v) is 8.93. The minimum absolute atomic E-state index is 0.0123. The number of carbonyl (C=O) groups excluding carboxylic acids is 2. The highest BCUT2D eigenvalue weighted by Gasteiger charge is 2.42. The van der Waals surface area contributed by atoms with Gasteiger partial charge < -0.3 is 19.3 Å². The molecule has 2 atom stereocenters. The highest BCUT2D eigenvalue weighted by Crippen LogP contribution is 2.49. The number of rotatable bonds is 4. The van der Waals surface area contributed by atoms with Gasteiger partial charge in [-0.25, -0.2) is 26.9 Å². The van der Waals surface area contributed by atoms with E-state index in [0.29, 0.717) is 22.3 Å². The van der Waals surface area contributed by atoms with E-state index < -0.39 is 52.4 Å². The Morgan fingerprint density at radius 3 is 2.17 bits per heavy atom. The quantitative estimate of drug-likeness (QED) is 0.0543. The van der Waals surface area contributed by atoms with Crippen LogP contribution in [0.1, 0.15) is 119 Å². The minimum atomic E-state index is -2.07. The summed E-state index contributed by atoms with van der Waals surface area (Å²) in [6.45, 7) is 17.9. The largest absolute Gasteiger partial charge is 0.459 e. The molecule has 0 aliphatic carbocycles. The zero-order chi connectivity index (χ0) is 39.3. The van der Waals surface area contributed by atoms with Crippen LogP contribution in [0.15, 0.2) is 36.4 Å². The summed E-state index contributed by atoms with van der Waals surface area (Å²) < 4.78 is 78.3. The molecule has 4 aliphatic heterocycles. The zero-order valence-corrected chi connectivity index (χ0v) is 32.5. The number of hydrogen-bond acceptors (Lipinski definition) is 5. The molecule has 0 spiro atoms. The Labute approximate surface area is 313 Å². The lowest BCUT2D eigenvalue weighted by Crippen LogP contribution is -2.50. The second-order valence-corrected chi connectivity index (χ2v) is 16.9. The number of halogens is 4. The predicted octanol–water partition coefficient (Wildman–Crippen LogP) is 7.45. The van der Waals surface area contributed by atoms with E-state index in [1.54, 1.807) is 0 Å². The summed E-state index contributed by atoms with van der Waals surface area (Å²) >= 11 is 0. The SMILES string of the molecule is C=C(C)C(=O)OC1CCN(C(=O)c2c(F)c(F)c(F)c(F)c2C2=c3cc4c(cc3Oc3cc5c(cc32)C(C)CC(C)(C)N5C)=[N+](C)C(C)(C)CC4C)CC1. The molecule has 2 unspecified atom stereocenters. The minimum Gasteiger partial charge on any atom is -0.459 e. The first-order chi connectivity index (χ1) is 25.2. The van der Waals surface area contributed by atoms with Crippen molar-refractivity contribution in [2.45, 2.75) is 103 Å². The van der Waals surface area contributed by atoms with Gasteiger partial charge in [-0.05, 0) is 70.6 Å². The monoisotopic (exact) mass is 746 g/mol. The van der Waals surface area contributed by atoms with Gasteiger partial charge in [-0.15, -0.1) is 0 Å². The van der Waals surface area contributed by atoms with Gasteiger partial charge in [0.05, 0.1) is 11.6 Å². The van der Waals surface area contributed by atoms with Gasteiger partial charge in [-0.3, -0.25) is 4.79 Å². The molecular weight excluding hydrogens is 698 g/mol. The maximum atomic E-state index is 16.7. The van der Waals surface area contributed by atoms with E-state index in [1.807, 2.05) is 38.4 Å². The molecule has 1 amide bonds. The van der Waals surface area contributed by atoms with Crippen LogP contribution in [-0.2, 0) is 9.53 Å². The van der Waals surface area contributed by atoms with E-state index in [1.165, 1.54) is 11.8 Å². The average molecular weight is 747 g/mol. The Morgan fingerprint density at radius 1 is 0.889 bits per heavy atom. The molecule has 54 heavy (non-hydrogen) atoms. The van der Waals surface area contributed by atoms with E-state index in [0.717, 1.165) is 35.0 Å². The Bertz CT molecular complexity index is 2290. The highest BCUT2D eigenvalue weighted by atomic mass is 19.2. The molecule has 0 bridgehead atoms.